The van der Waals surface area contributed by atoms with E-state index in [4.69, 9.17) is 4.74 Å². The number of hydrogen-bond donors (Lipinski definition) is 0. The first-order chi connectivity index (χ1) is 9.15. The molecule has 0 atom stereocenters. The topological polar surface area (TPSA) is 46.6 Å². The molecule has 0 aliphatic heterocycles. The number of carbonyl (C=O) groups excluding carboxylic acids is 2. The number of unbranched alkanes of at least 4 members (excludes halogenated alkanes) is 1. The molecule has 0 radical (unpaired) electrons. The fourth-order valence-electron chi connectivity index (χ4n) is 1.74. The first-order valence-electron chi connectivity index (χ1n) is 6.62. The molecule has 104 valence electrons. The third-order valence-corrected chi connectivity index (χ3v) is 2.84. The Morgan fingerprint density at radius 2 is 1.74 bits per heavy atom. The van der Waals surface area contributed by atoms with Crippen molar-refractivity contribution in [3.05, 3.63) is 30.3 Å². The SMILES string of the molecule is CCOC(=O)CCCCC(=O)N(C)c1ccccc1. The molecule has 0 aliphatic carbocycles. The molecule has 1 aromatic rings. The molecule has 0 spiro atoms. The lowest BCUT2D eigenvalue weighted by molar-refractivity contribution is -0.143. The lowest BCUT2D eigenvalue weighted by Crippen LogP contribution is -2.25. The summed E-state index contributed by atoms with van der Waals surface area (Å²) >= 11 is 0. The van der Waals surface area contributed by atoms with Crippen LogP contribution in [0.4, 0.5) is 5.69 Å². The summed E-state index contributed by atoms with van der Waals surface area (Å²) in [5, 5.41) is 0. The second-order valence-corrected chi connectivity index (χ2v) is 4.30. The minimum atomic E-state index is -0.189. The lowest BCUT2D eigenvalue weighted by Gasteiger charge is -2.17. The van der Waals surface area contributed by atoms with Gasteiger partial charge < -0.3 is 9.64 Å². The number of benzene rings is 1. The Kier molecular flexibility index (Phi) is 6.64. The van der Waals surface area contributed by atoms with Crippen LogP contribution in [0.15, 0.2) is 30.3 Å². The van der Waals surface area contributed by atoms with Gasteiger partial charge in [-0.2, -0.15) is 0 Å². The summed E-state index contributed by atoms with van der Waals surface area (Å²) in [7, 11) is 1.77. The maximum absolute atomic E-state index is 11.9. The van der Waals surface area contributed by atoms with Gasteiger partial charge in [0.25, 0.3) is 0 Å². The molecule has 0 heterocycles. The number of nitrogens with zero attached hydrogens (tertiary/aromatic N) is 1. The van der Waals surface area contributed by atoms with E-state index in [1.807, 2.05) is 30.3 Å². The van der Waals surface area contributed by atoms with Crippen LogP contribution in [0.3, 0.4) is 0 Å². The molecule has 4 heteroatoms. The summed E-state index contributed by atoms with van der Waals surface area (Å²) in [4.78, 5) is 24.7. The zero-order valence-electron chi connectivity index (χ0n) is 11.6. The van der Waals surface area contributed by atoms with E-state index < -0.39 is 0 Å². The number of carbonyl (C=O) groups is 2. The monoisotopic (exact) mass is 263 g/mol. The highest BCUT2D eigenvalue weighted by molar-refractivity contribution is 5.92. The quantitative estimate of drug-likeness (QED) is 0.561. The second kappa shape index (κ2) is 8.29. The Hall–Kier alpha value is -1.84. The zero-order valence-corrected chi connectivity index (χ0v) is 11.6. The van der Waals surface area contributed by atoms with Gasteiger partial charge in [0.15, 0.2) is 0 Å². The Morgan fingerprint density at radius 1 is 1.11 bits per heavy atom. The van der Waals surface area contributed by atoms with E-state index in [0.29, 0.717) is 32.3 Å². The van der Waals surface area contributed by atoms with Gasteiger partial charge in [-0.05, 0) is 31.9 Å². The van der Waals surface area contributed by atoms with Gasteiger partial charge in [0, 0.05) is 25.6 Å². The number of rotatable bonds is 7. The van der Waals surface area contributed by atoms with Crippen molar-refractivity contribution in [3.63, 3.8) is 0 Å². The Labute approximate surface area is 114 Å². The summed E-state index contributed by atoms with van der Waals surface area (Å²) < 4.78 is 4.83. The molecule has 0 unspecified atom stereocenters. The number of ether oxygens (including phenoxy) is 1. The molecule has 1 amide bonds. The van der Waals surface area contributed by atoms with Gasteiger partial charge in [0.1, 0.15) is 0 Å². The standard InChI is InChI=1S/C15H21NO3/c1-3-19-15(18)12-8-7-11-14(17)16(2)13-9-5-4-6-10-13/h4-6,9-10H,3,7-8,11-12H2,1-2H3. The molecule has 0 aliphatic rings. The molecule has 0 saturated heterocycles. The minimum absolute atomic E-state index is 0.0649. The predicted molar refractivity (Wildman–Crippen MR) is 75.0 cm³/mol. The van der Waals surface area contributed by atoms with Gasteiger partial charge in [-0.25, -0.2) is 0 Å². The summed E-state index contributed by atoms with van der Waals surface area (Å²) in [6, 6.07) is 9.52. The summed E-state index contributed by atoms with van der Waals surface area (Å²) in [6.07, 6.45) is 2.23. The van der Waals surface area contributed by atoms with E-state index >= 15 is 0 Å². The largest absolute Gasteiger partial charge is 0.466 e. The van der Waals surface area contributed by atoms with Crippen LogP contribution >= 0.6 is 0 Å². The van der Waals surface area contributed by atoms with Gasteiger partial charge in [-0.15, -0.1) is 0 Å². The van der Waals surface area contributed by atoms with Crippen molar-refractivity contribution in [3.8, 4) is 0 Å². The van der Waals surface area contributed by atoms with Crippen LogP contribution < -0.4 is 4.90 Å². The molecule has 1 rings (SSSR count). The van der Waals surface area contributed by atoms with Crippen LogP contribution in [0.5, 0.6) is 0 Å². The molecular weight excluding hydrogens is 242 g/mol. The van der Waals surface area contributed by atoms with Gasteiger partial charge in [-0.1, -0.05) is 18.2 Å². The van der Waals surface area contributed by atoms with E-state index in [-0.39, 0.29) is 11.9 Å². The van der Waals surface area contributed by atoms with Crippen LogP contribution in [-0.2, 0) is 14.3 Å². The molecule has 1 aromatic carbocycles. The molecule has 0 aromatic heterocycles. The fourth-order valence-corrected chi connectivity index (χ4v) is 1.74. The molecule has 0 fully saturated rings. The molecule has 0 bridgehead atoms. The van der Waals surface area contributed by atoms with E-state index in [2.05, 4.69) is 0 Å². The van der Waals surface area contributed by atoms with Crippen LogP contribution in [0, 0.1) is 0 Å². The average Bonchev–Trinajstić information content (AvgIpc) is 2.44. The number of amides is 1. The fraction of sp³-hybridized carbons (Fsp3) is 0.467. The van der Waals surface area contributed by atoms with Crippen LogP contribution in [0.1, 0.15) is 32.6 Å². The van der Waals surface area contributed by atoms with Crippen LogP contribution in [0.2, 0.25) is 0 Å². The highest BCUT2D eigenvalue weighted by atomic mass is 16.5. The van der Waals surface area contributed by atoms with Crippen molar-refractivity contribution < 1.29 is 14.3 Å². The minimum Gasteiger partial charge on any atom is -0.466 e. The van der Waals surface area contributed by atoms with Crippen LogP contribution in [0.25, 0.3) is 0 Å². The predicted octanol–water partition coefficient (Wildman–Crippen LogP) is 2.77. The molecular formula is C15H21NO3. The van der Waals surface area contributed by atoms with E-state index in [1.54, 1.807) is 18.9 Å². The highest BCUT2D eigenvalue weighted by Gasteiger charge is 2.10. The van der Waals surface area contributed by atoms with E-state index in [1.165, 1.54) is 0 Å². The first-order valence-corrected chi connectivity index (χ1v) is 6.62. The van der Waals surface area contributed by atoms with Gasteiger partial charge in [-0.3, -0.25) is 9.59 Å². The van der Waals surface area contributed by atoms with E-state index in [0.717, 1.165) is 5.69 Å². The normalized spacial score (nSPS) is 10.0. The van der Waals surface area contributed by atoms with Crippen molar-refractivity contribution in [2.24, 2.45) is 0 Å². The number of para-hydroxylation sites is 1. The highest BCUT2D eigenvalue weighted by Crippen LogP contribution is 2.13. The van der Waals surface area contributed by atoms with Crippen LogP contribution in [-0.4, -0.2) is 25.5 Å². The number of esters is 1. The van der Waals surface area contributed by atoms with Crippen molar-refractivity contribution in [2.45, 2.75) is 32.6 Å². The Morgan fingerprint density at radius 3 is 2.37 bits per heavy atom. The molecule has 19 heavy (non-hydrogen) atoms. The Bertz CT molecular complexity index is 403. The maximum Gasteiger partial charge on any atom is 0.305 e. The smallest absolute Gasteiger partial charge is 0.305 e. The summed E-state index contributed by atoms with van der Waals surface area (Å²) in [5.74, 6) is -0.124. The van der Waals surface area contributed by atoms with E-state index in [9.17, 15) is 9.59 Å². The summed E-state index contributed by atoms with van der Waals surface area (Å²) in [6.45, 7) is 2.20. The molecule has 0 saturated carbocycles. The van der Waals surface area contributed by atoms with Crippen molar-refractivity contribution in [2.75, 3.05) is 18.6 Å². The third kappa shape index (κ3) is 5.55. The number of anilines is 1. The number of hydrogen-bond acceptors (Lipinski definition) is 3. The van der Waals surface area contributed by atoms with Crippen molar-refractivity contribution in [1.82, 2.24) is 0 Å². The lowest BCUT2D eigenvalue weighted by atomic mass is 10.1. The average molecular weight is 263 g/mol. The molecule has 0 N–H and O–H groups in total. The summed E-state index contributed by atoms with van der Waals surface area (Å²) in [5.41, 5.74) is 0.887. The first kappa shape index (κ1) is 15.2. The zero-order chi connectivity index (χ0) is 14.1. The Balaban J connectivity index is 2.26. The third-order valence-electron chi connectivity index (χ3n) is 2.84. The second-order valence-electron chi connectivity index (χ2n) is 4.30. The van der Waals surface area contributed by atoms with Gasteiger partial charge in [0.2, 0.25) is 5.91 Å². The molecule has 4 nitrogen and oxygen atoms in total. The van der Waals surface area contributed by atoms with Crippen molar-refractivity contribution >= 4 is 17.6 Å². The van der Waals surface area contributed by atoms with Gasteiger partial charge in [0.05, 0.1) is 6.61 Å². The van der Waals surface area contributed by atoms with Crippen molar-refractivity contribution in [1.29, 1.82) is 0 Å². The maximum atomic E-state index is 11.9. The van der Waals surface area contributed by atoms with Gasteiger partial charge >= 0.3 is 5.97 Å².